The van der Waals surface area contributed by atoms with E-state index in [1.807, 2.05) is 0 Å². The Kier molecular flexibility index (Phi) is 2.72. The minimum absolute atomic E-state index is 0.0580. The van der Waals surface area contributed by atoms with E-state index in [-0.39, 0.29) is 10.9 Å². The number of carboxylic acids is 1. The highest BCUT2D eigenvalue weighted by Crippen LogP contribution is 2.29. The van der Waals surface area contributed by atoms with Crippen molar-refractivity contribution in [2.75, 3.05) is 0 Å². The molecule has 0 heterocycles. The summed E-state index contributed by atoms with van der Waals surface area (Å²) in [5, 5.41) is 24.1. The minimum atomic E-state index is -4.11. The third kappa shape index (κ3) is 2.01. The summed E-state index contributed by atoms with van der Waals surface area (Å²) in [5.74, 6) is -1.70. The third-order valence-electron chi connectivity index (χ3n) is 2.50. The summed E-state index contributed by atoms with van der Waals surface area (Å²) in [6.07, 6.45) is 0. The molecule has 0 aromatic heterocycles. The molecule has 6 nitrogen and oxygen atoms in total. The van der Waals surface area contributed by atoms with Crippen LogP contribution in [0.2, 0.25) is 0 Å². The molecule has 0 saturated heterocycles. The average Bonchev–Trinajstić information content (AvgIpc) is 2.25. The van der Waals surface area contributed by atoms with Crippen LogP contribution >= 0.6 is 0 Å². The molecule has 18 heavy (non-hydrogen) atoms. The van der Waals surface area contributed by atoms with E-state index in [1.54, 1.807) is 6.07 Å². The van der Waals surface area contributed by atoms with Gasteiger partial charge in [-0.15, -0.1) is 0 Å². The summed E-state index contributed by atoms with van der Waals surface area (Å²) in [5.41, 5.74) is -0.0580. The molecule has 0 spiro atoms. The van der Waals surface area contributed by atoms with Gasteiger partial charge < -0.3 is 10.2 Å². The van der Waals surface area contributed by atoms with Crippen molar-refractivity contribution in [1.29, 1.82) is 0 Å². The molecule has 0 amide bonds. The van der Waals surface area contributed by atoms with Crippen molar-refractivity contribution in [3.8, 4) is 5.75 Å². The van der Waals surface area contributed by atoms with Crippen LogP contribution in [0.1, 0.15) is 10.4 Å². The molecule has 0 radical (unpaired) electrons. The number of nitrogens with two attached hydrogens (primary N) is 1. The molecule has 7 heteroatoms. The first-order chi connectivity index (χ1) is 8.30. The van der Waals surface area contributed by atoms with Crippen LogP contribution in [0.4, 0.5) is 0 Å². The van der Waals surface area contributed by atoms with Crippen LogP contribution in [0.5, 0.6) is 5.75 Å². The largest absolute Gasteiger partial charge is 0.507 e. The monoisotopic (exact) mass is 267 g/mol. The van der Waals surface area contributed by atoms with E-state index < -0.39 is 26.6 Å². The Hall–Kier alpha value is -2.12. The lowest BCUT2D eigenvalue weighted by molar-refractivity contribution is 0.0699. The van der Waals surface area contributed by atoms with Gasteiger partial charge in [-0.1, -0.05) is 12.1 Å². The van der Waals surface area contributed by atoms with Crippen molar-refractivity contribution in [2.45, 2.75) is 4.90 Å². The number of aromatic hydroxyl groups is 1. The summed E-state index contributed by atoms with van der Waals surface area (Å²) < 4.78 is 22.5. The molecule has 2 aromatic carbocycles. The molecule has 0 aliphatic carbocycles. The van der Waals surface area contributed by atoms with Gasteiger partial charge in [0.25, 0.3) is 0 Å². The number of carbonyl (C=O) groups is 1. The van der Waals surface area contributed by atoms with E-state index in [2.05, 4.69) is 0 Å². The van der Waals surface area contributed by atoms with Crippen LogP contribution in [-0.2, 0) is 10.0 Å². The van der Waals surface area contributed by atoms with Gasteiger partial charge in [-0.2, -0.15) is 0 Å². The highest BCUT2D eigenvalue weighted by molar-refractivity contribution is 7.89. The van der Waals surface area contributed by atoms with Crippen LogP contribution < -0.4 is 5.14 Å². The predicted octanol–water partition coefficient (Wildman–Crippen LogP) is 0.891. The maximum atomic E-state index is 11.2. The average molecular weight is 267 g/mol. The second-order valence-electron chi connectivity index (χ2n) is 3.70. The van der Waals surface area contributed by atoms with Gasteiger partial charge >= 0.3 is 5.97 Å². The Bertz CT molecular complexity index is 751. The molecule has 94 valence electrons. The molecule has 0 bridgehead atoms. The van der Waals surface area contributed by atoms with Crippen LogP contribution in [0.25, 0.3) is 10.8 Å². The van der Waals surface area contributed by atoms with Gasteiger partial charge in [0.15, 0.2) is 0 Å². The van der Waals surface area contributed by atoms with Gasteiger partial charge in [-0.3, -0.25) is 0 Å². The zero-order valence-electron chi connectivity index (χ0n) is 8.99. The quantitative estimate of drug-likeness (QED) is 0.746. The molecular weight excluding hydrogens is 258 g/mol. The van der Waals surface area contributed by atoms with E-state index in [1.165, 1.54) is 18.2 Å². The summed E-state index contributed by atoms with van der Waals surface area (Å²) >= 11 is 0. The maximum absolute atomic E-state index is 11.2. The topological polar surface area (TPSA) is 118 Å². The van der Waals surface area contributed by atoms with E-state index >= 15 is 0 Å². The van der Waals surface area contributed by atoms with E-state index in [0.717, 1.165) is 6.07 Å². The number of primary sulfonamides is 1. The smallest absolute Gasteiger partial charge is 0.336 e. The second-order valence-corrected chi connectivity index (χ2v) is 5.23. The fourth-order valence-corrected chi connectivity index (χ4v) is 2.34. The molecule has 4 N–H and O–H groups in total. The number of phenolic OH excluding ortho intramolecular Hbond substituents is 1. The lowest BCUT2D eigenvalue weighted by Crippen LogP contribution is -2.12. The molecule has 0 saturated carbocycles. The summed E-state index contributed by atoms with van der Waals surface area (Å²) in [6.45, 7) is 0. The van der Waals surface area contributed by atoms with E-state index in [4.69, 9.17) is 10.2 Å². The van der Waals surface area contributed by atoms with Crippen molar-refractivity contribution >= 4 is 26.8 Å². The van der Waals surface area contributed by atoms with Crippen molar-refractivity contribution in [1.82, 2.24) is 0 Å². The van der Waals surface area contributed by atoms with Gasteiger partial charge in [0, 0.05) is 0 Å². The summed E-state index contributed by atoms with van der Waals surface area (Å²) in [6, 6.07) is 6.63. The summed E-state index contributed by atoms with van der Waals surface area (Å²) in [4.78, 5) is 10.5. The first-order valence-corrected chi connectivity index (χ1v) is 6.37. The number of fused-ring (bicyclic) bond motifs is 1. The zero-order chi connectivity index (χ0) is 13.5. The van der Waals surface area contributed by atoms with Crippen molar-refractivity contribution in [2.24, 2.45) is 5.14 Å². The number of phenols is 1. The van der Waals surface area contributed by atoms with Crippen molar-refractivity contribution in [3.63, 3.8) is 0 Å². The molecule has 0 aliphatic rings. The number of aromatic carboxylic acids is 1. The lowest BCUT2D eigenvalue weighted by atomic mass is 10.0. The number of hydrogen-bond acceptors (Lipinski definition) is 4. The predicted molar refractivity (Wildman–Crippen MR) is 63.9 cm³/mol. The standard InChI is InChI=1S/C11H9NO5S/c12-18(16,17)10-5-8-6(4-9(10)13)2-1-3-7(8)11(14)15/h1-5,13H,(H,14,15)(H2,12,16,17). The molecule has 0 aliphatic heterocycles. The third-order valence-corrected chi connectivity index (χ3v) is 3.44. The Labute approximate surface area is 102 Å². The number of rotatable bonds is 2. The zero-order valence-corrected chi connectivity index (χ0v) is 9.81. The molecule has 2 aromatic rings. The van der Waals surface area contributed by atoms with Crippen LogP contribution in [0, 0.1) is 0 Å². The molecule has 0 fully saturated rings. The van der Waals surface area contributed by atoms with Crippen molar-refractivity contribution in [3.05, 3.63) is 35.9 Å². The Balaban J connectivity index is 2.92. The Morgan fingerprint density at radius 3 is 2.44 bits per heavy atom. The highest BCUT2D eigenvalue weighted by Gasteiger charge is 2.17. The van der Waals surface area contributed by atoms with Gasteiger partial charge in [0.05, 0.1) is 5.56 Å². The van der Waals surface area contributed by atoms with Crippen LogP contribution in [-0.4, -0.2) is 24.6 Å². The lowest BCUT2D eigenvalue weighted by Gasteiger charge is -2.07. The number of hydrogen-bond donors (Lipinski definition) is 3. The minimum Gasteiger partial charge on any atom is -0.507 e. The second kappa shape index (κ2) is 3.97. The maximum Gasteiger partial charge on any atom is 0.336 e. The highest BCUT2D eigenvalue weighted by atomic mass is 32.2. The summed E-state index contributed by atoms with van der Waals surface area (Å²) in [7, 11) is -4.11. The Morgan fingerprint density at radius 2 is 1.89 bits per heavy atom. The van der Waals surface area contributed by atoms with Gasteiger partial charge in [0.1, 0.15) is 10.6 Å². The van der Waals surface area contributed by atoms with Gasteiger partial charge in [-0.25, -0.2) is 18.4 Å². The molecule has 2 rings (SSSR count). The van der Waals surface area contributed by atoms with Crippen LogP contribution in [0.3, 0.4) is 0 Å². The van der Waals surface area contributed by atoms with Gasteiger partial charge in [0.2, 0.25) is 10.0 Å². The first-order valence-electron chi connectivity index (χ1n) is 4.82. The van der Waals surface area contributed by atoms with E-state index in [9.17, 15) is 18.3 Å². The van der Waals surface area contributed by atoms with E-state index in [0.29, 0.717) is 5.39 Å². The Morgan fingerprint density at radius 1 is 1.22 bits per heavy atom. The normalized spacial score (nSPS) is 11.6. The SMILES string of the molecule is NS(=O)(=O)c1cc2c(C(=O)O)cccc2cc1O. The number of sulfonamides is 1. The first kappa shape index (κ1) is 12.3. The fourth-order valence-electron chi connectivity index (χ4n) is 1.71. The number of benzene rings is 2. The van der Waals surface area contributed by atoms with Crippen molar-refractivity contribution < 1.29 is 23.4 Å². The molecule has 0 atom stereocenters. The molecule has 0 unspecified atom stereocenters. The van der Waals surface area contributed by atoms with Crippen LogP contribution in [0.15, 0.2) is 35.2 Å². The molecular formula is C11H9NO5S. The number of carboxylic acid groups (broad SMARTS) is 1. The fraction of sp³-hybridized carbons (Fsp3) is 0. The van der Waals surface area contributed by atoms with Gasteiger partial charge in [-0.05, 0) is 29.0 Å².